The van der Waals surface area contributed by atoms with Crippen LogP contribution in [0.5, 0.6) is 0 Å². The fourth-order valence-corrected chi connectivity index (χ4v) is 9.93. The number of aliphatic hydroxyl groups is 9. The molecule has 0 bridgehead atoms. The molecule has 3 aliphatic heterocycles. The number of aliphatic carboxylic acids is 1. The summed E-state index contributed by atoms with van der Waals surface area (Å²) < 4.78 is 52.3. The van der Waals surface area contributed by atoms with Gasteiger partial charge in [-0.1, -0.05) is 129 Å². The van der Waals surface area contributed by atoms with Crippen LogP contribution in [0.3, 0.4) is 0 Å². The number of phosphoric acid groups is 1. The van der Waals surface area contributed by atoms with Gasteiger partial charge in [-0.2, -0.15) is 0 Å². The second-order valence-corrected chi connectivity index (χ2v) is 21.2. The molecule has 1 amide bonds. The molecule has 3 fully saturated rings. The van der Waals surface area contributed by atoms with Crippen molar-refractivity contribution in [2.75, 3.05) is 19.8 Å². The maximum Gasteiger partial charge on any atom is 0.470 e. The van der Waals surface area contributed by atoms with E-state index in [0.29, 0.717) is 12.8 Å². The molecule has 17 atom stereocenters. The number of phosphoric ester groups is 1. The van der Waals surface area contributed by atoms with Crippen molar-refractivity contribution in [3.05, 3.63) is 0 Å². The monoisotopic (exact) mass is 1090 g/mol. The van der Waals surface area contributed by atoms with Crippen LogP contribution in [-0.2, 0) is 51.9 Å². The summed E-state index contributed by atoms with van der Waals surface area (Å²) in [4.78, 5) is 61.2. The van der Waals surface area contributed by atoms with Crippen LogP contribution in [0.2, 0.25) is 0 Å². The maximum atomic E-state index is 13.9. The second kappa shape index (κ2) is 34.0. The van der Waals surface area contributed by atoms with Gasteiger partial charge in [0.15, 0.2) is 18.7 Å². The molecule has 0 aliphatic carbocycles. The van der Waals surface area contributed by atoms with Gasteiger partial charge in [0.05, 0.1) is 57.0 Å². The molecule has 0 aromatic carbocycles. The zero-order valence-electron chi connectivity index (χ0n) is 43.0. The van der Waals surface area contributed by atoms with Crippen LogP contribution in [0.4, 0.5) is 0 Å². The lowest BCUT2D eigenvalue weighted by Gasteiger charge is -2.48. The predicted molar refractivity (Wildman–Crippen MR) is 260 cm³/mol. The number of esters is 1. The van der Waals surface area contributed by atoms with Crippen LogP contribution in [0.1, 0.15) is 162 Å². The SMILES string of the molecule is CCCCCCCCCCC[C@@H](O)CC(=O)N[C@H]1[C@H](OC[C@H]2O[C@H](O)[C@H](N)[C@@H](O)[C@@H]2O)O[C@H](CO[C@]2(C(=O)O)C[C@@H](O)[C@@H](O)[C@@H]([C@H](O)CO)O2)[C@@H](OP(=O)(O)O)[C@@H]1OC(=O)C[C@H](O)CCCCCCCCCCC. The molecule has 0 saturated carbocycles. The minimum absolute atomic E-state index is 0.162. The number of carboxylic acids is 1. The molecule has 74 heavy (non-hydrogen) atoms. The van der Waals surface area contributed by atoms with Crippen LogP contribution >= 0.6 is 7.82 Å². The quantitative estimate of drug-likeness (QED) is 0.0227. The minimum atomic E-state index is -5.72. The highest BCUT2D eigenvalue weighted by atomic mass is 31.2. The van der Waals surface area contributed by atoms with Crippen LogP contribution in [0.25, 0.3) is 0 Å². The molecular formula is C48H89N2O23P. The number of rotatable bonds is 37. The number of nitrogens with one attached hydrogen (secondary N) is 1. The highest BCUT2D eigenvalue weighted by Gasteiger charge is 2.57. The Morgan fingerprint density at radius 3 is 1.76 bits per heavy atom. The number of carbonyl (C=O) groups is 3. The minimum Gasteiger partial charge on any atom is -0.477 e. The fraction of sp³-hybridized carbons (Fsp3) is 0.938. The first-order chi connectivity index (χ1) is 35.1. The smallest absolute Gasteiger partial charge is 0.470 e. The van der Waals surface area contributed by atoms with Crippen molar-refractivity contribution < 1.29 is 113 Å². The number of nitrogens with two attached hydrogens (primary N) is 1. The average Bonchev–Trinajstić information content (AvgIpc) is 3.34. The number of amides is 1. The van der Waals surface area contributed by atoms with E-state index >= 15 is 0 Å². The second-order valence-electron chi connectivity index (χ2n) is 20.0. The number of aliphatic hydroxyl groups excluding tert-OH is 9. The lowest BCUT2D eigenvalue weighted by atomic mass is 9.92. The zero-order valence-corrected chi connectivity index (χ0v) is 43.9. The summed E-state index contributed by atoms with van der Waals surface area (Å²) in [5.74, 6) is -7.04. The first kappa shape index (κ1) is 66.2. The molecule has 0 aromatic rings. The molecule has 3 rings (SSSR count). The largest absolute Gasteiger partial charge is 0.477 e. The number of unbranched alkanes of at least 4 members (excludes halogenated alkanes) is 16. The van der Waals surface area contributed by atoms with Gasteiger partial charge in [-0.05, 0) is 12.8 Å². The molecule has 0 radical (unpaired) electrons. The molecule has 15 N–H and O–H groups in total. The Labute approximate surface area is 433 Å². The molecule has 3 heterocycles. The van der Waals surface area contributed by atoms with Crippen molar-refractivity contribution in [2.24, 2.45) is 5.73 Å². The molecule has 3 saturated heterocycles. The number of ether oxygens (including phenoxy) is 6. The first-order valence-corrected chi connectivity index (χ1v) is 28.1. The summed E-state index contributed by atoms with van der Waals surface area (Å²) in [6.07, 6.45) is -9.76. The van der Waals surface area contributed by atoms with E-state index in [2.05, 4.69) is 19.2 Å². The number of carbonyl (C=O) groups excluding carboxylic acids is 2. The molecule has 26 heteroatoms. The Hall–Kier alpha value is -2.08. The van der Waals surface area contributed by atoms with Gasteiger partial charge < -0.3 is 100 Å². The van der Waals surface area contributed by atoms with Crippen molar-refractivity contribution in [1.29, 1.82) is 0 Å². The van der Waals surface area contributed by atoms with E-state index in [1.807, 2.05) is 0 Å². The van der Waals surface area contributed by atoms with Gasteiger partial charge in [-0.25, -0.2) is 9.36 Å². The third kappa shape index (κ3) is 22.3. The summed E-state index contributed by atoms with van der Waals surface area (Å²) in [6.45, 7) is 1.21. The van der Waals surface area contributed by atoms with Gasteiger partial charge in [0.1, 0.15) is 54.9 Å². The summed E-state index contributed by atoms with van der Waals surface area (Å²) in [6, 6.07) is -3.33. The molecule has 434 valence electrons. The van der Waals surface area contributed by atoms with Crippen LogP contribution in [-0.4, -0.2) is 202 Å². The van der Waals surface area contributed by atoms with E-state index in [4.69, 9.17) is 38.7 Å². The van der Waals surface area contributed by atoms with Gasteiger partial charge in [-0.15, -0.1) is 0 Å². The highest BCUT2D eigenvalue weighted by molar-refractivity contribution is 7.46. The van der Waals surface area contributed by atoms with Crippen LogP contribution in [0.15, 0.2) is 0 Å². The average molecular weight is 1090 g/mol. The van der Waals surface area contributed by atoms with Crippen molar-refractivity contribution in [3.63, 3.8) is 0 Å². The lowest BCUT2D eigenvalue weighted by molar-refractivity contribution is -0.340. The molecular weight excluding hydrogens is 1000 g/mol. The Morgan fingerprint density at radius 1 is 0.716 bits per heavy atom. The molecule has 3 aliphatic rings. The molecule has 0 aromatic heterocycles. The maximum absolute atomic E-state index is 13.9. The fourth-order valence-electron chi connectivity index (χ4n) is 9.36. The number of carboxylic acid groups (broad SMARTS) is 1. The summed E-state index contributed by atoms with van der Waals surface area (Å²) in [7, 11) is -5.72. The topological polar surface area (TPSA) is 414 Å². The van der Waals surface area contributed by atoms with Crippen molar-refractivity contribution in [2.45, 2.75) is 265 Å². The summed E-state index contributed by atoms with van der Waals surface area (Å²) in [5, 5.41) is 108. The molecule has 25 nitrogen and oxygen atoms in total. The number of hydrogen-bond donors (Lipinski definition) is 14. The van der Waals surface area contributed by atoms with E-state index in [-0.39, 0.29) is 12.8 Å². The normalized spacial score (nSPS) is 31.9. The predicted octanol–water partition coefficient (Wildman–Crippen LogP) is 0.374. The Kier molecular flexibility index (Phi) is 30.5. The van der Waals surface area contributed by atoms with Crippen molar-refractivity contribution in [3.8, 4) is 0 Å². The Balaban J connectivity index is 1.99. The number of hydrogen-bond acceptors (Lipinski definition) is 21. The Bertz CT molecular complexity index is 1650. The van der Waals surface area contributed by atoms with Crippen molar-refractivity contribution in [1.82, 2.24) is 5.32 Å². The molecule has 0 unspecified atom stereocenters. The summed E-state index contributed by atoms with van der Waals surface area (Å²) >= 11 is 0. The van der Waals surface area contributed by atoms with Gasteiger partial charge >= 0.3 is 19.8 Å². The first-order valence-electron chi connectivity index (χ1n) is 26.6. The standard InChI is InChI=1S/C48H89N2O23P/c1-3-5-7-9-11-13-15-17-19-21-29(52)23-35(56)50-38-44(71-36(57)24-30(53)22-20-18-16-14-12-10-8-6-4-2)43(73-74(64,65)66)34(70-46(38)67-27-33-40(59)41(60)37(49)45(61)69-33)28-68-48(47(62)63)25-31(54)39(58)42(72-48)32(55)26-51/h29-34,37-46,51-55,58-61H,3-28,49H2,1-2H3,(H,50,56)(H,62,63)(H2,64,65,66)/t29-,30-,31-,32-,33-,34-,37-,38-,39-,40-,41-,42-,43-,44-,45+,46-,48-/m1/s1. The van der Waals surface area contributed by atoms with E-state index in [0.717, 1.165) is 89.9 Å². The van der Waals surface area contributed by atoms with Gasteiger partial charge in [-0.3, -0.25) is 14.1 Å². The van der Waals surface area contributed by atoms with E-state index in [1.54, 1.807) is 0 Å². The van der Waals surface area contributed by atoms with Gasteiger partial charge in [0, 0.05) is 6.42 Å². The third-order valence-electron chi connectivity index (χ3n) is 13.7. The van der Waals surface area contributed by atoms with E-state index < -0.39 is 168 Å². The van der Waals surface area contributed by atoms with Crippen LogP contribution in [0, 0.1) is 0 Å². The lowest BCUT2D eigenvalue weighted by Crippen LogP contribution is -2.68. The van der Waals surface area contributed by atoms with E-state index in [9.17, 15) is 79.8 Å². The highest BCUT2D eigenvalue weighted by Crippen LogP contribution is 2.43. The molecule has 0 spiro atoms. The Morgan fingerprint density at radius 2 is 1.24 bits per heavy atom. The van der Waals surface area contributed by atoms with Crippen LogP contribution < -0.4 is 11.1 Å². The zero-order chi connectivity index (χ0) is 55.0. The third-order valence-corrected chi connectivity index (χ3v) is 14.2. The van der Waals surface area contributed by atoms with Crippen molar-refractivity contribution >= 4 is 25.7 Å². The van der Waals surface area contributed by atoms with E-state index in [1.165, 1.54) is 12.8 Å². The van der Waals surface area contributed by atoms with Gasteiger partial charge in [0.25, 0.3) is 5.79 Å². The van der Waals surface area contributed by atoms with Gasteiger partial charge in [0.2, 0.25) is 5.91 Å². The summed E-state index contributed by atoms with van der Waals surface area (Å²) in [5.41, 5.74) is 5.74.